The minimum atomic E-state index is 0.492. The summed E-state index contributed by atoms with van der Waals surface area (Å²) in [5.41, 5.74) is 11.1. The summed E-state index contributed by atoms with van der Waals surface area (Å²) in [4.78, 5) is 0.976. The van der Waals surface area contributed by atoms with E-state index >= 15 is 0 Å². The van der Waals surface area contributed by atoms with Gasteiger partial charge in [-0.25, -0.2) is 0 Å². The van der Waals surface area contributed by atoms with Crippen LogP contribution in [0.4, 0.5) is 5.82 Å². The van der Waals surface area contributed by atoms with Crippen LogP contribution in [0.25, 0.3) is 21.7 Å². The number of nitrogen functional groups attached to an aromatic ring is 1. The van der Waals surface area contributed by atoms with Gasteiger partial charge in [0.05, 0.1) is 21.2 Å². The third-order valence-electron chi connectivity index (χ3n) is 3.26. The van der Waals surface area contributed by atoms with Gasteiger partial charge in [-0.15, -0.1) is 11.3 Å². The normalized spacial score (nSPS) is 10.9. The predicted molar refractivity (Wildman–Crippen MR) is 86.2 cm³/mol. The third-order valence-corrected chi connectivity index (χ3v) is 4.98. The molecule has 0 saturated carbocycles. The Morgan fingerprint density at radius 2 is 1.90 bits per heavy atom. The van der Waals surface area contributed by atoms with E-state index in [4.69, 9.17) is 17.3 Å². The van der Waals surface area contributed by atoms with E-state index in [0.29, 0.717) is 5.82 Å². The highest BCUT2D eigenvalue weighted by atomic mass is 35.5. The molecule has 1 aromatic carbocycles. The van der Waals surface area contributed by atoms with Crippen LogP contribution >= 0.6 is 22.9 Å². The number of aromatic amines is 1. The minimum absolute atomic E-state index is 0.492. The molecule has 0 bridgehead atoms. The van der Waals surface area contributed by atoms with Crippen molar-refractivity contribution < 1.29 is 0 Å². The Balaban J connectivity index is 2.19. The summed E-state index contributed by atoms with van der Waals surface area (Å²) in [6.45, 7) is 4.05. The van der Waals surface area contributed by atoms with E-state index in [1.807, 2.05) is 12.3 Å². The van der Waals surface area contributed by atoms with Crippen LogP contribution < -0.4 is 5.73 Å². The Labute approximate surface area is 126 Å². The number of thiophene rings is 1. The molecule has 0 fully saturated rings. The van der Waals surface area contributed by atoms with Crippen LogP contribution in [0, 0.1) is 13.8 Å². The van der Waals surface area contributed by atoms with Crippen LogP contribution in [0.1, 0.15) is 11.1 Å². The summed E-state index contributed by atoms with van der Waals surface area (Å²) in [5.74, 6) is 0.492. The van der Waals surface area contributed by atoms with Crippen molar-refractivity contribution in [3.63, 3.8) is 0 Å². The summed E-state index contributed by atoms with van der Waals surface area (Å²) >= 11 is 7.95. The topological polar surface area (TPSA) is 54.7 Å². The molecule has 5 heteroatoms. The second-order valence-electron chi connectivity index (χ2n) is 4.79. The number of H-pyrrole nitrogens is 1. The monoisotopic (exact) mass is 303 g/mol. The second kappa shape index (κ2) is 4.96. The summed E-state index contributed by atoms with van der Waals surface area (Å²) in [5, 5.41) is 9.94. The number of rotatable bonds is 2. The van der Waals surface area contributed by atoms with Gasteiger partial charge >= 0.3 is 0 Å². The molecular weight excluding hydrogens is 290 g/mol. The highest BCUT2D eigenvalue weighted by Crippen LogP contribution is 2.42. The Morgan fingerprint density at radius 1 is 1.20 bits per heavy atom. The van der Waals surface area contributed by atoms with Gasteiger partial charge in [-0.1, -0.05) is 41.4 Å². The molecule has 3 N–H and O–H groups in total. The van der Waals surface area contributed by atoms with Gasteiger partial charge in [-0.3, -0.25) is 5.10 Å². The molecule has 3 nitrogen and oxygen atoms in total. The van der Waals surface area contributed by atoms with Gasteiger partial charge in [0.15, 0.2) is 5.82 Å². The van der Waals surface area contributed by atoms with E-state index in [1.165, 1.54) is 5.56 Å². The number of hydrogen-bond donors (Lipinski definition) is 2. The number of nitrogens with two attached hydrogens (primary N) is 1. The van der Waals surface area contributed by atoms with Gasteiger partial charge in [0, 0.05) is 0 Å². The fourth-order valence-corrected chi connectivity index (χ4v) is 3.42. The van der Waals surface area contributed by atoms with Crippen LogP contribution in [-0.4, -0.2) is 10.2 Å². The van der Waals surface area contributed by atoms with E-state index in [9.17, 15) is 0 Å². The molecule has 20 heavy (non-hydrogen) atoms. The molecule has 102 valence electrons. The minimum Gasteiger partial charge on any atom is -0.382 e. The standard InChI is InChI=1S/C15H14ClN3S/c1-8-3-5-10(6-4-8)11-13(18-19-15(11)17)14-12(16)9(2)7-20-14/h3-7H,1-2H3,(H3,17,18,19). The lowest BCUT2D eigenvalue weighted by atomic mass is 10.0. The Bertz CT molecular complexity index is 756. The van der Waals surface area contributed by atoms with Gasteiger partial charge < -0.3 is 5.73 Å². The third kappa shape index (κ3) is 2.11. The average molecular weight is 304 g/mol. The molecule has 2 aromatic heterocycles. The molecule has 0 aliphatic rings. The highest BCUT2D eigenvalue weighted by Gasteiger charge is 2.19. The predicted octanol–water partition coefficient (Wildman–Crippen LogP) is 4.66. The molecule has 0 radical (unpaired) electrons. The number of anilines is 1. The maximum absolute atomic E-state index is 6.36. The molecule has 3 aromatic rings. The number of nitrogens with zero attached hydrogens (tertiary/aromatic N) is 1. The molecule has 0 spiro atoms. The largest absolute Gasteiger partial charge is 0.382 e. The van der Waals surface area contributed by atoms with Gasteiger partial charge in [0.1, 0.15) is 0 Å². The summed E-state index contributed by atoms with van der Waals surface area (Å²) in [6, 6.07) is 8.22. The van der Waals surface area contributed by atoms with Crippen LogP contribution in [0.5, 0.6) is 0 Å². The van der Waals surface area contributed by atoms with Crippen molar-refractivity contribution in [2.24, 2.45) is 0 Å². The smallest absolute Gasteiger partial charge is 0.153 e. The van der Waals surface area contributed by atoms with Crippen molar-refractivity contribution in [3.05, 3.63) is 45.8 Å². The number of halogens is 1. The van der Waals surface area contributed by atoms with Crippen LogP contribution in [0.2, 0.25) is 5.02 Å². The number of nitrogens with one attached hydrogen (secondary N) is 1. The van der Waals surface area contributed by atoms with Crippen molar-refractivity contribution in [1.82, 2.24) is 10.2 Å². The van der Waals surface area contributed by atoms with E-state index in [0.717, 1.165) is 32.3 Å². The Hall–Kier alpha value is -1.78. The van der Waals surface area contributed by atoms with Crippen LogP contribution in [0.15, 0.2) is 29.6 Å². The maximum atomic E-state index is 6.36. The number of benzene rings is 1. The molecule has 0 aliphatic heterocycles. The van der Waals surface area contributed by atoms with E-state index in [-0.39, 0.29) is 0 Å². The first-order valence-electron chi connectivity index (χ1n) is 6.22. The zero-order valence-corrected chi connectivity index (χ0v) is 12.8. The zero-order valence-electron chi connectivity index (χ0n) is 11.2. The average Bonchev–Trinajstić information content (AvgIpc) is 2.96. The SMILES string of the molecule is Cc1ccc(-c2c(N)n[nH]c2-c2scc(C)c2Cl)cc1. The van der Waals surface area contributed by atoms with Crippen molar-refractivity contribution in [1.29, 1.82) is 0 Å². The van der Waals surface area contributed by atoms with E-state index < -0.39 is 0 Å². The first kappa shape index (κ1) is 13.2. The van der Waals surface area contributed by atoms with E-state index in [2.05, 4.69) is 41.4 Å². The lowest BCUT2D eigenvalue weighted by molar-refractivity contribution is 1.11. The van der Waals surface area contributed by atoms with Gasteiger partial charge in [0.25, 0.3) is 0 Å². The molecule has 0 amide bonds. The molecular formula is C15H14ClN3S. The zero-order chi connectivity index (χ0) is 14.3. The molecule has 0 aliphatic carbocycles. The van der Waals surface area contributed by atoms with Crippen molar-refractivity contribution in [3.8, 4) is 21.7 Å². The second-order valence-corrected chi connectivity index (χ2v) is 6.04. The van der Waals surface area contributed by atoms with Gasteiger partial charge in [0.2, 0.25) is 0 Å². The fraction of sp³-hybridized carbons (Fsp3) is 0.133. The first-order chi connectivity index (χ1) is 9.58. The summed E-state index contributed by atoms with van der Waals surface area (Å²) in [7, 11) is 0. The molecule has 0 atom stereocenters. The fourth-order valence-electron chi connectivity index (χ4n) is 2.13. The van der Waals surface area contributed by atoms with Crippen molar-refractivity contribution in [2.75, 3.05) is 5.73 Å². The maximum Gasteiger partial charge on any atom is 0.153 e. The van der Waals surface area contributed by atoms with Crippen molar-refractivity contribution in [2.45, 2.75) is 13.8 Å². The Kier molecular flexibility index (Phi) is 3.28. The lowest BCUT2D eigenvalue weighted by Gasteiger charge is -2.04. The van der Waals surface area contributed by atoms with Crippen molar-refractivity contribution >= 4 is 28.8 Å². The van der Waals surface area contributed by atoms with Gasteiger partial charge in [-0.2, -0.15) is 5.10 Å². The summed E-state index contributed by atoms with van der Waals surface area (Å²) in [6.07, 6.45) is 0. The lowest BCUT2D eigenvalue weighted by Crippen LogP contribution is -1.88. The quantitative estimate of drug-likeness (QED) is 0.723. The van der Waals surface area contributed by atoms with Crippen LogP contribution in [-0.2, 0) is 0 Å². The number of hydrogen-bond acceptors (Lipinski definition) is 3. The van der Waals surface area contributed by atoms with Gasteiger partial charge in [-0.05, 0) is 30.4 Å². The molecule has 0 saturated heterocycles. The number of aryl methyl sites for hydroxylation is 2. The summed E-state index contributed by atoms with van der Waals surface area (Å²) < 4.78 is 0. The highest BCUT2D eigenvalue weighted by molar-refractivity contribution is 7.14. The molecule has 0 unspecified atom stereocenters. The number of aromatic nitrogens is 2. The first-order valence-corrected chi connectivity index (χ1v) is 7.48. The molecule has 2 heterocycles. The molecule has 3 rings (SSSR count). The Morgan fingerprint density at radius 3 is 2.50 bits per heavy atom. The van der Waals surface area contributed by atoms with Crippen LogP contribution in [0.3, 0.4) is 0 Å². The van der Waals surface area contributed by atoms with E-state index in [1.54, 1.807) is 11.3 Å².